The highest BCUT2D eigenvalue weighted by molar-refractivity contribution is 6.25. The van der Waals surface area contributed by atoms with Crippen molar-refractivity contribution in [2.24, 2.45) is 0 Å². The largest absolute Gasteiger partial charge is 0.296 e. The van der Waals surface area contributed by atoms with Gasteiger partial charge in [-0.1, -0.05) is 194 Å². The Bertz CT molecular complexity index is 5780. The van der Waals surface area contributed by atoms with Crippen molar-refractivity contribution in [3.05, 3.63) is 339 Å². The topological polar surface area (TPSA) is 27.9 Å². The maximum atomic E-state index is 2.47. The predicted octanol–water partition coefficient (Wildman–Crippen LogP) is 22.5. The highest BCUT2D eigenvalue weighted by Gasteiger charge is 2.28. The molecule has 91 heavy (non-hydrogen) atoms. The van der Waals surface area contributed by atoms with Crippen molar-refractivity contribution >= 4 is 93.8 Å². The Morgan fingerprint density at radius 2 is 0.495 bits per heavy atom. The summed E-state index contributed by atoms with van der Waals surface area (Å²) >= 11 is 0. The van der Waals surface area contributed by atoms with Crippen LogP contribution < -0.4 is 4.90 Å². The van der Waals surface area contributed by atoms with Gasteiger partial charge in [-0.25, -0.2) is 0 Å². The minimum Gasteiger partial charge on any atom is -0.296 e. The van der Waals surface area contributed by atoms with Crippen LogP contribution in [-0.2, 0) is 0 Å². The second kappa shape index (κ2) is 21.0. The van der Waals surface area contributed by atoms with Crippen LogP contribution in [-0.4, -0.2) is 22.8 Å². The van der Waals surface area contributed by atoms with Gasteiger partial charge in [0.25, 0.3) is 0 Å². The maximum absolute atomic E-state index is 2.47. The molecular weight excluding hydrogens is 1100 g/mol. The normalized spacial score (nSPS) is 11.8. The van der Waals surface area contributed by atoms with Crippen molar-refractivity contribution in [2.75, 3.05) is 4.90 Å². The van der Waals surface area contributed by atoms with E-state index in [1.807, 2.05) is 0 Å². The number of para-hydroxylation sites is 7. The molecule has 0 saturated carbocycles. The minimum atomic E-state index is 1.07. The molecule has 0 saturated heterocycles. The summed E-state index contributed by atoms with van der Waals surface area (Å²) in [5.41, 5.74) is 23.9. The van der Waals surface area contributed by atoms with Crippen LogP contribution in [0.4, 0.5) is 17.2 Å². The van der Waals surface area contributed by atoms with Crippen molar-refractivity contribution in [1.29, 1.82) is 0 Å². The van der Waals surface area contributed by atoms with Crippen LogP contribution in [0.2, 0.25) is 0 Å². The molecule has 0 fully saturated rings. The number of rotatable bonds is 11. The summed E-state index contributed by atoms with van der Waals surface area (Å²) in [5, 5.41) is 8.44. The van der Waals surface area contributed by atoms with E-state index in [0.717, 1.165) is 101 Å². The zero-order valence-electron chi connectivity index (χ0n) is 49.9. The van der Waals surface area contributed by atoms with Crippen molar-refractivity contribution < 1.29 is 0 Å². The van der Waals surface area contributed by atoms with Crippen molar-refractivity contribution in [3.63, 3.8) is 0 Å². The Labute approximate surface area is 526 Å². The Morgan fingerprint density at radius 3 is 0.879 bits per heavy atom. The van der Waals surface area contributed by atoms with E-state index < -0.39 is 0 Å². The molecule has 0 radical (unpaired) electrons. The molecule has 428 valence electrons. The zero-order chi connectivity index (χ0) is 60.1. The molecule has 5 aromatic heterocycles. The molecule has 0 N–H and O–H groups in total. The summed E-state index contributed by atoms with van der Waals surface area (Å²) in [6, 6.07) is 122. The van der Waals surface area contributed by atoms with Gasteiger partial charge in [0.2, 0.25) is 0 Å². The van der Waals surface area contributed by atoms with Gasteiger partial charge in [-0.05, 0) is 180 Å². The first-order valence-electron chi connectivity index (χ1n) is 31.3. The molecule has 18 aromatic rings. The number of nitrogens with zero attached hydrogens (tertiary/aromatic N) is 6. The first-order chi connectivity index (χ1) is 45.1. The maximum Gasteiger partial charge on any atom is 0.131 e. The smallest absolute Gasteiger partial charge is 0.131 e. The first-order valence-corrected chi connectivity index (χ1v) is 31.3. The summed E-state index contributed by atoms with van der Waals surface area (Å²) in [4.78, 5) is 2.42. The molecule has 0 aliphatic carbocycles. The molecule has 6 nitrogen and oxygen atoms in total. The van der Waals surface area contributed by atoms with Crippen LogP contribution in [0.1, 0.15) is 5.56 Å². The van der Waals surface area contributed by atoms with Crippen LogP contribution in [0.5, 0.6) is 0 Å². The molecule has 6 heteroatoms. The third-order valence-electron chi connectivity index (χ3n) is 18.6. The summed E-state index contributed by atoms with van der Waals surface area (Å²) in [6.45, 7) is 2.25. The van der Waals surface area contributed by atoms with Gasteiger partial charge in [0.15, 0.2) is 0 Å². The van der Waals surface area contributed by atoms with Gasteiger partial charge in [-0.15, -0.1) is 0 Å². The van der Waals surface area contributed by atoms with Gasteiger partial charge >= 0.3 is 0 Å². The lowest BCUT2D eigenvalue weighted by Gasteiger charge is -2.28. The minimum absolute atomic E-state index is 1.07. The quantitative estimate of drug-likeness (QED) is 0.127. The SMILES string of the molecule is Cc1c(N(c2ccccc2)c2ccc(-c3ccc4c(c3)c3c5cc(-c6ccc7c(c6)c6c8cc(-c9ccccc9)ccc8n(-c8ccccc8)c6n7-c6ccccc6)ccc5n(-c5ccccc5)c3n4-c3ccccc3)cc2)n(-c2ccccc2)c2ccccc12. The van der Waals surface area contributed by atoms with Gasteiger partial charge in [-0.2, -0.15) is 0 Å². The van der Waals surface area contributed by atoms with Gasteiger partial charge < -0.3 is 0 Å². The fourth-order valence-corrected chi connectivity index (χ4v) is 14.6. The van der Waals surface area contributed by atoms with E-state index in [4.69, 9.17) is 0 Å². The van der Waals surface area contributed by atoms with Crippen LogP contribution in [0.3, 0.4) is 0 Å². The lowest BCUT2D eigenvalue weighted by Crippen LogP contribution is -2.15. The second-order valence-corrected chi connectivity index (χ2v) is 23.7. The number of hydrogen-bond acceptors (Lipinski definition) is 1. The average Bonchev–Trinajstić information content (AvgIpc) is 1.55. The summed E-state index contributed by atoms with van der Waals surface area (Å²) in [5.74, 6) is 1.11. The number of hydrogen-bond donors (Lipinski definition) is 0. The fraction of sp³-hybridized carbons (Fsp3) is 0.0118. The van der Waals surface area contributed by atoms with Gasteiger partial charge in [0, 0.05) is 83.1 Å². The van der Waals surface area contributed by atoms with Crippen LogP contribution in [0.15, 0.2) is 334 Å². The van der Waals surface area contributed by atoms with E-state index in [0.29, 0.717) is 0 Å². The Balaban J connectivity index is 0.850. The van der Waals surface area contributed by atoms with E-state index in [9.17, 15) is 0 Å². The molecule has 0 unspecified atom stereocenters. The number of fused-ring (bicyclic) bond motifs is 11. The number of anilines is 3. The summed E-state index contributed by atoms with van der Waals surface area (Å²) in [7, 11) is 0. The molecule has 0 bridgehead atoms. The first kappa shape index (κ1) is 52.0. The van der Waals surface area contributed by atoms with Crippen molar-refractivity contribution in [3.8, 4) is 61.8 Å². The van der Waals surface area contributed by atoms with Gasteiger partial charge in [0.05, 0.1) is 27.6 Å². The van der Waals surface area contributed by atoms with E-state index in [1.54, 1.807) is 0 Å². The lowest BCUT2D eigenvalue weighted by molar-refractivity contribution is 1.06. The van der Waals surface area contributed by atoms with Gasteiger partial charge in [0.1, 0.15) is 17.1 Å². The monoisotopic (exact) mass is 1160 g/mol. The zero-order valence-corrected chi connectivity index (χ0v) is 49.9. The van der Waals surface area contributed by atoms with Crippen molar-refractivity contribution in [1.82, 2.24) is 22.8 Å². The molecule has 0 spiro atoms. The summed E-state index contributed by atoms with van der Waals surface area (Å²) in [6.07, 6.45) is 0. The highest BCUT2D eigenvalue weighted by Crippen LogP contribution is 2.48. The number of aryl methyl sites for hydroxylation is 1. The molecule has 0 atom stereocenters. The van der Waals surface area contributed by atoms with E-state index in [2.05, 4.69) is 368 Å². The second-order valence-electron chi connectivity index (χ2n) is 23.7. The Morgan fingerprint density at radius 1 is 0.220 bits per heavy atom. The van der Waals surface area contributed by atoms with E-state index in [-0.39, 0.29) is 0 Å². The summed E-state index contributed by atoms with van der Waals surface area (Å²) < 4.78 is 12.3. The molecule has 18 rings (SSSR count). The van der Waals surface area contributed by atoms with E-state index in [1.165, 1.54) is 59.9 Å². The lowest BCUT2D eigenvalue weighted by atomic mass is 9.98. The molecule has 5 heterocycles. The van der Waals surface area contributed by atoms with E-state index >= 15 is 0 Å². The molecule has 13 aromatic carbocycles. The number of benzene rings is 13. The molecule has 0 aliphatic rings. The fourth-order valence-electron chi connectivity index (χ4n) is 14.6. The van der Waals surface area contributed by atoms with Crippen LogP contribution in [0, 0.1) is 6.92 Å². The third-order valence-corrected chi connectivity index (χ3v) is 18.6. The Hall–Kier alpha value is -12.1. The third kappa shape index (κ3) is 8.27. The van der Waals surface area contributed by atoms with Crippen LogP contribution in [0.25, 0.3) is 138 Å². The Kier molecular flexibility index (Phi) is 12.0. The number of aromatic nitrogens is 5. The molecular formula is C85H58N6. The van der Waals surface area contributed by atoms with Crippen LogP contribution >= 0.6 is 0 Å². The van der Waals surface area contributed by atoms with Crippen molar-refractivity contribution in [2.45, 2.75) is 6.92 Å². The standard InChI is InChI=1S/C85H58N6/c1-57-71-39-23-24-40-76(71)87(65-29-13-4-14-30-65)83(57)86(64-27-11-3-12-28-64)70-47-41-59(42-48-70)61-44-50-78-73(54-61)82-75-56-63(46-52-80(75)91(69-37-21-8-22-38-69)85(82)89(78)67-33-17-6-18-34-67)62-45-51-79-74(55-62)81-72-53-60(58-25-9-2-10-26-58)43-49-77(72)88(66-31-15-5-16-32-66)84(81)90(79)68-35-19-7-20-36-68/h2-56H,1H3. The average molecular weight is 1160 g/mol. The van der Waals surface area contributed by atoms with Gasteiger partial charge in [-0.3, -0.25) is 27.7 Å². The molecule has 0 aliphatic heterocycles. The predicted molar refractivity (Wildman–Crippen MR) is 381 cm³/mol. The highest BCUT2D eigenvalue weighted by atomic mass is 15.3. The molecule has 0 amide bonds.